The molecule has 3 aromatic heterocycles. The van der Waals surface area contributed by atoms with Gasteiger partial charge in [0.25, 0.3) is 5.56 Å². The Morgan fingerprint density at radius 3 is 2.42 bits per heavy atom. The van der Waals surface area contributed by atoms with Gasteiger partial charge in [-0.25, -0.2) is 13.9 Å². The summed E-state index contributed by atoms with van der Waals surface area (Å²) >= 11 is 1.29. The zero-order chi connectivity index (χ0) is 22.3. The minimum Gasteiger partial charge on any atom is -0.350 e. The van der Waals surface area contributed by atoms with Crippen LogP contribution in [0.1, 0.15) is 38.8 Å². The Labute approximate surface area is 182 Å². The molecule has 0 saturated carbocycles. The van der Waals surface area contributed by atoms with Crippen molar-refractivity contribution in [3.8, 4) is 0 Å². The molecule has 9 heteroatoms. The second kappa shape index (κ2) is 7.81. The molecule has 4 aromatic rings. The molecule has 1 N–H and O–H groups in total. The van der Waals surface area contributed by atoms with Crippen molar-refractivity contribution in [2.24, 2.45) is 0 Å². The molecule has 0 bridgehead atoms. The third-order valence-corrected chi connectivity index (χ3v) is 5.86. The van der Waals surface area contributed by atoms with Crippen LogP contribution in [0.2, 0.25) is 0 Å². The van der Waals surface area contributed by atoms with Crippen molar-refractivity contribution in [2.45, 2.75) is 52.7 Å². The second-order valence-electron chi connectivity index (χ2n) is 8.57. The van der Waals surface area contributed by atoms with E-state index < -0.39 is 11.2 Å². The number of aryl methyl sites for hydroxylation is 1. The zero-order valence-corrected chi connectivity index (χ0v) is 18.8. The van der Waals surface area contributed by atoms with Crippen LogP contribution in [-0.4, -0.2) is 30.2 Å². The Morgan fingerprint density at radius 1 is 1.10 bits per heavy atom. The molecule has 0 atom stereocenters. The molecule has 8 nitrogen and oxygen atoms in total. The maximum Gasteiger partial charge on any atom is 0.352 e. The van der Waals surface area contributed by atoms with Gasteiger partial charge in [0.1, 0.15) is 11.2 Å². The molecule has 3 heterocycles. The lowest BCUT2D eigenvalue weighted by Gasteiger charge is -2.20. The van der Waals surface area contributed by atoms with E-state index in [1.54, 1.807) is 11.4 Å². The van der Waals surface area contributed by atoms with Crippen LogP contribution in [0.4, 0.5) is 0 Å². The van der Waals surface area contributed by atoms with Gasteiger partial charge in [0.2, 0.25) is 11.7 Å². The summed E-state index contributed by atoms with van der Waals surface area (Å²) in [5.41, 5.74) is 1.58. The van der Waals surface area contributed by atoms with Crippen LogP contribution in [0.5, 0.6) is 0 Å². The predicted octanol–water partition coefficient (Wildman–Crippen LogP) is 2.40. The largest absolute Gasteiger partial charge is 0.352 e. The zero-order valence-electron chi connectivity index (χ0n) is 18.0. The van der Waals surface area contributed by atoms with Gasteiger partial charge in [0.15, 0.2) is 0 Å². The van der Waals surface area contributed by atoms with Crippen molar-refractivity contribution in [3.63, 3.8) is 0 Å². The van der Waals surface area contributed by atoms with Crippen LogP contribution in [0.15, 0.2) is 45.3 Å². The number of fused-ring (bicyclic) bond motifs is 3. The number of benzene rings is 1. The van der Waals surface area contributed by atoms with Crippen molar-refractivity contribution in [1.82, 2.24) is 24.1 Å². The number of rotatable bonds is 5. The third-order valence-electron chi connectivity index (χ3n) is 4.97. The van der Waals surface area contributed by atoms with Gasteiger partial charge in [-0.05, 0) is 49.8 Å². The van der Waals surface area contributed by atoms with Crippen molar-refractivity contribution < 1.29 is 4.79 Å². The number of thiophene rings is 1. The fourth-order valence-electron chi connectivity index (χ4n) is 3.54. The first-order chi connectivity index (χ1) is 14.7. The minimum absolute atomic E-state index is 0.201. The summed E-state index contributed by atoms with van der Waals surface area (Å²) in [4.78, 5) is 38.7. The molecular weight excluding hydrogens is 414 g/mol. The maximum atomic E-state index is 13.2. The van der Waals surface area contributed by atoms with Gasteiger partial charge >= 0.3 is 5.69 Å². The Morgan fingerprint density at radius 2 is 1.77 bits per heavy atom. The smallest absolute Gasteiger partial charge is 0.350 e. The fourth-order valence-corrected chi connectivity index (χ4v) is 4.36. The van der Waals surface area contributed by atoms with Crippen molar-refractivity contribution in [2.75, 3.05) is 0 Å². The van der Waals surface area contributed by atoms with Crippen LogP contribution in [0.3, 0.4) is 0 Å². The monoisotopic (exact) mass is 439 g/mol. The Kier molecular flexibility index (Phi) is 5.30. The molecule has 0 unspecified atom stereocenters. The molecule has 31 heavy (non-hydrogen) atoms. The Hall–Kier alpha value is -3.20. The van der Waals surface area contributed by atoms with Crippen molar-refractivity contribution in [3.05, 3.63) is 67.7 Å². The molecule has 1 aromatic carbocycles. The average Bonchev–Trinajstić information content (AvgIpc) is 3.29. The Balaban J connectivity index is 1.84. The lowest BCUT2D eigenvalue weighted by Crippen LogP contribution is -2.43. The standard InChI is InChI=1S/C22H25N5O3S/c1-5-14-6-8-15(9-7-14)12-25-19(29)18-16(10-11-31-18)27-20(25)24-26(21(27)30)13-17(28)23-22(2,3)4/h6-11H,5,12-13H2,1-4H3,(H,23,28). The van der Waals surface area contributed by atoms with E-state index in [4.69, 9.17) is 0 Å². The van der Waals surface area contributed by atoms with Crippen LogP contribution in [-0.2, 0) is 24.3 Å². The third kappa shape index (κ3) is 4.05. The van der Waals surface area contributed by atoms with Crippen molar-refractivity contribution >= 4 is 33.2 Å². The van der Waals surface area contributed by atoms with Gasteiger partial charge in [0, 0.05) is 5.54 Å². The lowest BCUT2D eigenvalue weighted by atomic mass is 10.1. The van der Waals surface area contributed by atoms with Gasteiger partial charge in [-0.2, -0.15) is 0 Å². The number of nitrogens with zero attached hydrogens (tertiary/aromatic N) is 4. The van der Waals surface area contributed by atoms with Crippen LogP contribution in [0, 0.1) is 0 Å². The van der Waals surface area contributed by atoms with Gasteiger partial charge in [-0.1, -0.05) is 31.2 Å². The summed E-state index contributed by atoms with van der Waals surface area (Å²) in [6.07, 6.45) is 0.933. The number of hydrogen-bond acceptors (Lipinski definition) is 5. The highest BCUT2D eigenvalue weighted by Crippen LogP contribution is 2.18. The summed E-state index contributed by atoms with van der Waals surface area (Å²) in [6.45, 7) is 7.76. The molecule has 0 aliphatic rings. The number of carbonyl (C=O) groups is 1. The van der Waals surface area contributed by atoms with E-state index >= 15 is 0 Å². The first-order valence-electron chi connectivity index (χ1n) is 10.2. The highest BCUT2D eigenvalue weighted by atomic mass is 32.1. The van der Waals surface area contributed by atoms with Gasteiger partial charge < -0.3 is 5.32 Å². The molecule has 4 rings (SSSR count). The first-order valence-corrected chi connectivity index (χ1v) is 11.0. The molecule has 0 aliphatic carbocycles. The van der Waals surface area contributed by atoms with Crippen LogP contribution in [0.25, 0.3) is 16.0 Å². The number of amides is 1. The molecule has 0 aliphatic heterocycles. The summed E-state index contributed by atoms with van der Waals surface area (Å²) in [6, 6.07) is 9.75. The second-order valence-corrected chi connectivity index (χ2v) is 9.49. The van der Waals surface area contributed by atoms with Crippen molar-refractivity contribution in [1.29, 1.82) is 0 Å². The van der Waals surface area contributed by atoms with Gasteiger partial charge in [-0.15, -0.1) is 16.4 Å². The number of nitrogens with one attached hydrogen (secondary N) is 1. The highest BCUT2D eigenvalue weighted by molar-refractivity contribution is 7.17. The molecule has 1 amide bonds. The van der Waals surface area contributed by atoms with E-state index in [9.17, 15) is 14.4 Å². The fraction of sp³-hybridized carbons (Fsp3) is 0.364. The maximum absolute atomic E-state index is 13.2. The molecule has 0 saturated heterocycles. The summed E-state index contributed by atoms with van der Waals surface area (Å²) in [5.74, 6) is -0.0901. The quantitative estimate of drug-likeness (QED) is 0.517. The molecular formula is C22H25N5O3S. The van der Waals surface area contributed by atoms with E-state index in [1.165, 1.54) is 25.9 Å². The molecule has 0 spiro atoms. The lowest BCUT2D eigenvalue weighted by molar-refractivity contribution is -0.123. The van der Waals surface area contributed by atoms with Gasteiger partial charge in [0.05, 0.1) is 12.1 Å². The molecule has 162 valence electrons. The number of carbonyl (C=O) groups excluding carboxylic acids is 1. The number of hydrogen-bond donors (Lipinski definition) is 1. The average molecular weight is 440 g/mol. The van der Waals surface area contributed by atoms with E-state index in [0.29, 0.717) is 10.2 Å². The summed E-state index contributed by atoms with van der Waals surface area (Å²) in [7, 11) is 0. The SMILES string of the molecule is CCc1ccc(Cn2c(=O)c3sccc3n3c(=O)n(CC(=O)NC(C)(C)C)nc23)cc1. The van der Waals surface area contributed by atoms with E-state index in [0.717, 1.165) is 16.7 Å². The van der Waals surface area contributed by atoms with E-state index in [-0.39, 0.29) is 30.3 Å². The minimum atomic E-state index is -0.447. The number of aromatic nitrogens is 4. The predicted molar refractivity (Wildman–Crippen MR) is 122 cm³/mol. The molecule has 0 fully saturated rings. The topological polar surface area (TPSA) is 90.4 Å². The molecule has 0 radical (unpaired) electrons. The van der Waals surface area contributed by atoms with Crippen LogP contribution >= 0.6 is 11.3 Å². The highest BCUT2D eigenvalue weighted by Gasteiger charge is 2.21. The summed E-state index contributed by atoms with van der Waals surface area (Å²) in [5, 5.41) is 8.99. The van der Waals surface area contributed by atoms with E-state index in [2.05, 4.69) is 17.3 Å². The Bertz CT molecular complexity index is 1380. The van der Waals surface area contributed by atoms with E-state index in [1.807, 2.05) is 45.0 Å². The van der Waals surface area contributed by atoms with Crippen LogP contribution < -0.4 is 16.6 Å². The first kappa shape index (κ1) is 21.0. The normalized spacial score (nSPS) is 12.0. The van der Waals surface area contributed by atoms with Gasteiger partial charge in [-0.3, -0.25) is 14.2 Å². The summed E-state index contributed by atoms with van der Waals surface area (Å²) < 4.78 is 4.51.